The van der Waals surface area contributed by atoms with Crippen LogP contribution in [0.15, 0.2) is 11.6 Å². The summed E-state index contributed by atoms with van der Waals surface area (Å²) in [5.74, 6) is -1.44. The summed E-state index contributed by atoms with van der Waals surface area (Å²) in [6.45, 7) is 3.47. The summed E-state index contributed by atoms with van der Waals surface area (Å²) in [5.41, 5.74) is 2.31. The Morgan fingerprint density at radius 1 is 1.46 bits per heavy atom. The first-order chi connectivity index (χ1) is 11.3. The molecular formula is C17H20O7. The predicted molar refractivity (Wildman–Crippen MR) is 84.2 cm³/mol. The Hall–Kier alpha value is -2.54. The number of aliphatic hydroxyl groups excluding tert-OH is 1. The maximum absolute atomic E-state index is 11.8. The highest BCUT2D eigenvalue weighted by Gasteiger charge is 2.31. The van der Waals surface area contributed by atoms with Crippen molar-refractivity contribution in [3.05, 3.63) is 33.9 Å². The largest absolute Gasteiger partial charge is 0.507 e. The zero-order chi connectivity index (χ0) is 18.0. The Labute approximate surface area is 139 Å². The predicted octanol–water partition coefficient (Wildman–Crippen LogP) is 1.70. The van der Waals surface area contributed by atoms with E-state index in [1.54, 1.807) is 19.9 Å². The van der Waals surface area contributed by atoms with Gasteiger partial charge in [-0.1, -0.05) is 6.08 Å². The highest BCUT2D eigenvalue weighted by molar-refractivity contribution is 5.98. The first kappa shape index (κ1) is 17.8. The van der Waals surface area contributed by atoms with Gasteiger partial charge in [0.2, 0.25) is 0 Å². The molecule has 1 atom stereocenters. The lowest BCUT2D eigenvalue weighted by Gasteiger charge is -2.16. The van der Waals surface area contributed by atoms with Gasteiger partial charge in [-0.3, -0.25) is 4.79 Å². The molecule has 130 valence electrons. The summed E-state index contributed by atoms with van der Waals surface area (Å²) in [5, 5.41) is 29.0. The summed E-state index contributed by atoms with van der Waals surface area (Å²) in [7, 11) is 1.46. The minimum absolute atomic E-state index is 0.0936. The Morgan fingerprint density at radius 2 is 2.12 bits per heavy atom. The lowest BCUT2D eigenvalue weighted by molar-refractivity contribution is -0.138. The van der Waals surface area contributed by atoms with Crippen molar-refractivity contribution in [2.24, 2.45) is 0 Å². The molecule has 0 spiro atoms. The van der Waals surface area contributed by atoms with Crippen molar-refractivity contribution in [3.63, 3.8) is 0 Å². The van der Waals surface area contributed by atoms with Crippen LogP contribution in [0.3, 0.4) is 0 Å². The monoisotopic (exact) mass is 336 g/mol. The van der Waals surface area contributed by atoms with Crippen molar-refractivity contribution < 1.29 is 34.4 Å². The lowest BCUT2D eigenvalue weighted by atomic mass is 9.94. The maximum atomic E-state index is 11.8. The molecule has 1 aliphatic rings. The first-order valence-electron chi connectivity index (χ1n) is 7.42. The van der Waals surface area contributed by atoms with Gasteiger partial charge in [0.05, 0.1) is 19.6 Å². The van der Waals surface area contributed by atoms with Crippen LogP contribution in [0.2, 0.25) is 0 Å². The number of carbonyl (C=O) groups is 2. The van der Waals surface area contributed by atoms with E-state index in [1.807, 2.05) is 0 Å². The van der Waals surface area contributed by atoms with Crippen LogP contribution in [0.4, 0.5) is 0 Å². The molecule has 1 heterocycles. The van der Waals surface area contributed by atoms with E-state index in [4.69, 9.17) is 14.6 Å². The molecule has 0 saturated carbocycles. The van der Waals surface area contributed by atoms with Gasteiger partial charge >= 0.3 is 11.9 Å². The minimum atomic E-state index is -1.11. The first-order valence-corrected chi connectivity index (χ1v) is 7.42. The van der Waals surface area contributed by atoms with Gasteiger partial charge in [0.25, 0.3) is 0 Å². The van der Waals surface area contributed by atoms with Gasteiger partial charge in [-0.25, -0.2) is 4.79 Å². The molecule has 7 nitrogen and oxygen atoms in total. The maximum Gasteiger partial charge on any atom is 0.342 e. The highest BCUT2D eigenvalue weighted by Crippen LogP contribution is 2.42. The second kappa shape index (κ2) is 6.92. The molecule has 0 unspecified atom stereocenters. The molecule has 7 heteroatoms. The molecule has 0 saturated heterocycles. The van der Waals surface area contributed by atoms with E-state index < -0.39 is 24.5 Å². The topological polar surface area (TPSA) is 113 Å². The number of carboxylic acids is 1. The van der Waals surface area contributed by atoms with E-state index in [9.17, 15) is 19.8 Å². The number of fused-ring (bicyclic) bond motifs is 1. The SMILES string of the molecule is COc1c(C)c2c(c(O)c1CC=C(C)[C@@H](O)CC(=O)O)C(=O)OC2. The second-order valence-corrected chi connectivity index (χ2v) is 5.68. The number of allylic oxidation sites excluding steroid dienone is 1. The fourth-order valence-electron chi connectivity index (χ4n) is 2.75. The normalized spacial score (nSPS) is 15.0. The number of phenolic OH excluding ortho intramolecular Hbond substituents is 1. The van der Waals surface area contributed by atoms with Crippen molar-refractivity contribution in [3.8, 4) is 11.5 Å². The molecule has 1 aromatic rings. The number of hydrogen-bond donors (Lipinski definition) is 3. The molecule has 0 aromatic heterocycles. The lowest BCUT2D eigenvalue weighted by Crippen LogP contribution is -2.14. The number of methoxy groups -OCH3 is 1. The number of aliphatic hydroxyl groups is 1. The van der Waals surface area contributed by atoms with Crippen LogP contribution in [0, 0.1) is 6.92 Å². The van der Waals surface area contributed by atoms with Crippen molar-refractivity contribution in [2.45, 2.75) is 39.4 Å². The number of carboxylic acid groups (broad SMARTS) is 1. The molecule has 0 fully saturated rings. The van der Waals surface area contributed by atoms with Crippen LogP contribution in [-0.2, 0) is 22.6 Å². The number of phenols is 1. The fraction of sp³-hybridized carbons (Fsp3) is 0.412. The van der Waals surface area contributed by atoms with Gasteiger partial charge < -0.3 is 24.8 Å². The summed E-state index contributed by atoms with van der Waals surface area (Å²) < 4.78 is 10.3. The van der Waals surface area contributed by atoms with Crippen molar-refractivity contribution >= 4 is 11.9 Å². The average molecular weight is 336 g/mol. The number of carbonyl (C=O) groups excluding carboxylic acids is 1. The number of rotatable bonds is 6. The standard InChI is InChI=1S/C17H20O7/c1-8(12(18)6-13(19)20)4-5-10-15(21)14-11(7-24-17(14)22)9(2)16(10)23-3/h4,12,18,21H,5-7H2,1-3H3,(H,19,20)/t12-/m0/s1. The van der Waals surface area contributed by atoms with Crippen LogP contribution in [0.25, 0.3) is 0 Å². The summed E-state index contributed by atoms with van der Waals surface area (Å²) in [4.78, 5) is 22.5. The Bertz CT molecular complexity index is 718. The average Bonchev–Trinajstić information content (AvgIpc) is 2.90. The number of ether oxygens (including phenoxy) is 2. The highest BCUT2D eigenvalue weighted by atomic mass is 16.5. The van der Waals surface area contributed by atoms with Crippen LogP contribution in [0.5, 0.6) is 11.5 Å². The molecule has 0 bridgehead atoms. The van der Waals surface area contributed by atoms with Gasteiger partial charge in [-0.05, 0) is 31.4 Å². The Kier molecular flexibility index (Phi) is 5.14. The molecule has 1 aliphatic heterocycles. The van der Waals surface area contributed by atoms with E-state index >= 15 is 0 Å². The van der Waals surface area contributed by atoms with E-state index in [0.717, 1.165) is 0 Å². The van der Waals surface area contributed by atoms with Crippen LogP contribution in [-0.4, -0.2) is 40.5 Å². The van der Waals surface area contributed by atoms with Gasteiger partial charge in [-0.15, -0.1) is 0 Å². The number of aromatic hydroxyl groups is 1. The molecule has 1 aromatic carbocycles. The van der Waals surface area contributed by atoms with Crippen LogP contribution >= 0.6 is 0 Å². The van der Waals surface area contributed by atoms with Gasteiger partial charge in [0, 0.05) is 11.1 Å². The third-order valence-corrected chi connectivity index (χ3v) is 4.17. The van der Waals surface area contributed by atoms with E-state index in [1.165, 1.54) is 7.11 Å². The third-order valence-electron chi connectivity index (χ3n) is 4.17. The van der Waals surface area contributed by atoms with Crippen molar-refractivity contribution in [1.82, 2.24) is 0 Å². The molecule has 0 aliphatic carbocycles. The molecule has 0 radical (unpaired) electrons. The minimum Gasteiger partial charge on any atom is -0.507 e. The number of aliphatic carboxylic acids is 1. The van der Waals surface area contributed by atoms with Crippen molar-refractivity contribution in [1.29, 1.82) is 0 Å². The molecule has 2 rings (SSSR count). The fourth-order valence-corrected chi connectivity index (χ4v) is 2.75. The zero-order valence-corrected chi connectivity index (χ0v) is 13.8. The molecular weight excluding hydrogens is 316 g/mol. The smallest absolute Gasteiger partial charge is 0.342 e. The molecule has 0 amide bonds. The summed E-state index contributed by atoms with van der Waals surface area (Å²) >= 11 is 0. The van der Waals surface area contributed by atoms with Crippen molar-refractivity contribution in [2.75, 3.05) is 7.11 Å². The van der Waals surface area contributed by atoms with Crippen LogP contribution in [0.1, 0.15) is 40.4 Å². The molecule has 3 N–H and O–H groups in total. The Balaban J connectivity index is 2.40. The zero-order valence-electron chi connectivity index (χ0n) is 13.8. The summed E-state index contributed by atoms with van der Waals surface area (Å²) in [6, 6.07) is 0. The number of esters is 1. The third kappa shape index (κ3) is 3.21. The quantitative estimate of drug-likeness (QED) is 0.535. The Morgan fingerprint density at radius 3 is 2.71 bits per heavy atom. The van der Waals surface area contributed by atoms with Gasteiger partial charge in [0.1, 0.15) is 23.7 Å². The second-order valence-electron chi connectivity index (χ2n) is 5.68. The number of cyclic esters (lactones) is 1. The van der Waals surface area contributed by atoms with E-state index in [0.29, 0.717) is 28.0 Å². The summed E-state index contributed by atoms with van der Waals surface area (Å²) in [6.07, 6.45) is 0.271. The molecule has 24 heavy (non-hydrogen) atoms. The van der Waals surface area contributed by atoms with E-state index in [2.05, 4.69) is 0 Å². The van der Waals surface area contributed by atoms with Gasteiger partial charge in [-0.2, -0.15) is 0 Å². The van der Waals surface area contributed by atoms with Gasteiger partial charge in [0.15, 0.2) is 0 Å². The number of hydrogen-bond acceptors (Lipinski definition) is 6. The van der Waals surface area contributed by atoms with Crippen LogP contribution < -0.4 is 4.74 Å². The van der Waals surface area contributed by atoms with E-state index in [-0.39, 0.29) is 24.3 Å². The number of benzene rings is 1.